The normalized spacial score (nSPS) is 9.83. The second-order valence-electron chi connectivity index (χ2n) is 3.69. The Kier molecular flexibility index (Phi) is 5.77. The van der Waals surface area contributed by atoms with Gasteiger partial charge < -0.3 is 14.6 Å². The molecule has 4 heteroatoms. The van der Waals surface area contributed by atoms with Crippen molar-refractivity contribution in [1.82, 2.24) is 0 Å². The van der Waals surface area contributed by atoms with Crippen LogP contribution in [-0.2, 0) is 11.2 Å². The Morgan fingerprint density at radius 2 is 2.22 bits per heavy atom. The first-order valence-corrected chi connectivity index (χ1v) is 5.88. The fraction of sp³-hybridized carbons (Fsp3) is 0.357. The standard InChI is InChI=1S/C14H18O4/c1-3-5-11-10-12(17-4-2)6-7-13(11)18-9-8-14(15)16/h3,6-7,10H,1,4-5,8-9H2,2H3,(H,15,16). The minimum Gasteiger partial charge on any atom is -0.494 e. The van der Waals surface area contributed by atoms with Gasteiger partial charge in [0.1, 0.15) is 11.5 Å². The molecule has 18 heavy (non-hydrogen) atoms. The van der Waals surface area contributed by atoms with E-state index in [1.165, 1.54) is 0 Å². The third-order valence-corrected chi connectivity index (χ3v) is 2.28. The molecule has 0 aromatic heterocycles. The summed E-state index contributed by atoms with van der Waals surface area (Å²) in [4.78, 5) is 10.4. The van der Waals surface area contributed by atoms with Gasteiger partial charge in [0.15, 0.2) is 0 Å². The number of ether oxygens (including phenoxy) is 2. The molecule has 1 aromatic rings. The first-order valence-electron chi connectivity index (χ1n) is 5.88. The summed E-state index contributed by atoms with van der Waals surface area (Å²) in [5.41, 5.74) is 0.946. The van der Waals surface area contributed by atoms with Crippen molar-refractivity contribution in [2.45, 2.75) is 19.8 Å². The fourth-order valence-electron chi connectivity index (χ4n) is 1.52. The first kappa shape index (κ1) is 14.1. The maximum atomic E-state index is 10.4. The van der Waals surface area contributed by atoms with Crippen molar-refractivity contribution in [3.8, 4) is 11.5 Å². The molecule has 0 saturated carbocycles. The fourth-order valence-corrected chi connectivity index (χ4v) is 1.52. The molecule has 0 aliphatic heterocycles. The van der Waals surface area contributed by atoms with Crippen LogP contribution < -0.4 is 9.47 Å². The second kappa shape index (κ2) is 7.37. The number of allylic oxidation sites excluding steroid dienone is 1. The zero-order valence-corrected chi connectivity index (χ0v) is 10.5. The van der Waals surface area contributed by atoms with Gasteiger partial charge in [-0.25, -0.2) is 0 Å². The first-order chi connectivity index (χ1) is 8.67. The van der Waals surface area contributed by atoms with Crippen molar-refractivity contribution in [3.63, 3.8) is 0 Å². The number of hydrogen-bond acceptors (Lipinski definition) is 3. The second-order valence-corrected chi connectivity index (χ2v) is 3.69. The Labute approximate surface area is 107 Å². The lowest BCUT2D eigenvalue weighted by atomic mass is 10.1. The zero-order valence-electron chi connectivity index (χ0n) is 10.5. The monoisotopic (exact) mass is 250 g/mol. The van der Waals surface area contributed by atoms with Gasteiger partial charge in [-0.05, 0) is 31.5 Å². The highest BCUT2D eigenvalue weighted by Crippen LogP contribution is 2.25. The highest BCUT2D eigenvalue weighted by atomic mass is 16.5. The summed E-state index contributed by atoms with van der Waals surface area (Å²) in [7, 11) is 0. The lowest BCUT2D eigenvalue weighted by Gasteiger charge is -2.12. The van der Waals surface area contributed by atoms with Crippen molar-refractivity contribution in [3.05, 3.63) is 36.4 Å². The van der Waals surface area contributed by atoms with E-state index in [2.05, 4.69) is 6.58 Å². The molecule has 1 aromatic carbocycles. The van der Waals surface area contributed by atoms with Crippen molar-refractivity contribution >= 4 is 5.97 Å². The SMILES string of the molecule is C=CCc1cc(OCC)ccc1OCCC(=O)O. The molecular weight excluding hydrogens is 232 g/mol. The van der Waals surface area contributed by atoms with Crippen LogP contribution in [0.3, 0.4) is 0 Å². The maximum Gasteiger partial charge on any atom is 0.306 e. The van der Waals surface area contributed by atoms with E-state index in [4.69, 9.17) is 14.6 Å². The third-order valence-electron chi connectivity index (χ3n) is 2.28. The smallest absolute Gasteiger partial charge is 0.306 e. The van der Waals surface area contributed by atoms with Crippen molar-refractivity contribution in [2.24, 2.45) is 0 Å². The molecule has 1 N–H and O–H groups in total. The summed E-state index contributed by atoms with van der Waals surface area (Å²) >= 11 is 0. The maximum absolute atomic E-state index is 10.4. The summed E-state index contributed by atoms with van der Waals surface area (Å²) in [6.45, 7) is 6.38. The molecule has 1 rings (SSSR count). The van der Waals surface area contributed by atoms with Crippen molar-refractivity contribution in [1.29, 1.82) is 0 Å². The Balaban J connectivity index is 2.75. The molecule has 0 bridgehead atoms. The summed E-state index contributed by atoms with van der Waals surface area (Å²) in [6, 6.07) is 5.50. The van der Waals surface area contributed by atoms with E-state index >= 15 is 0 Å². The number of benzene rings is 1. The number of hydrogen-bond donors (Lipinski definition) is 1. The highest BCUT2D eigenvalue weighted by molar-refractivity contribution is 5.66. The molecular formula is C14H18O4. The van der Waals surface area contributed by atoms with Crippen LogP contribution >= 0.6 is 0 Å². The Hall–Kier alpha value is -1.97. The summed E-state index contributed by atoms with van der Waals surface area (Å²) in [5, 5.41) is 8.56. The van der Waals surface area contributed by atoms with Crippen LogP contribution in [0.25, 0.3) is 0 Å². The third kappa shape index (κ3) is 4.49. The van der Waals surface area contributed by atoms with Crippen LogP contribution in [-0.4, -0.2) is 24.3 Å². The topological polar surface area (TPSA) is 55.8 Å². The Bertz CT molecular complexity index is 412. The van der Waals surface area contributed by atoms with E-state index in [1.807, 2.05) is 19.1 Å². The van der Waals surface area contributed by atoms with Gasteiger partial charge in [-0.3, -0.25) is 4.79 Å². The summed E-state index contributed by atoms with van der Waals surface area (Å²) in [6.07, 6.45) is 2.42. The largest absolute Gasteiger partial charge is 0.494 e. The molecule has 0 atom stereocenters. The number of aliphatic carboxylic acids is 1. The minimum atomic E-state index is -0.869. The van der Waals surface area contributed by atoms with Crippen molar-refractivity contribution < 1.29 is 19.4 Å². The number of rotatable bonds is 8. The van der Waals surface area contributed by atoms with Crippen LogP contribution in [0.1, 0.15) is 18.9 Å². The van der Waals surface area contributed by atoms with Crippen LogP contribution in [0, 0.1) is 0 Å². The number of carboxylic acids is 1. The number of carbonyl (C=O) groups is 1. The quantitative estimate of drug-likeness (QED) is 0.721. The molecule has 4 nitrogen and oxygen atoms in total. The molecule has 0 aliphatic rings. The predicted molar refractivity (Wildman–Crippen MR) is 69.3 cm³/mol. The lowest BCUT2D eigenvalue weighted by Crippen LogP contribution is -2.06. The molecule has 98 valence electrons. The molecule has 0 spiro atoms. The molecule has 0 saturated heterocycles. The zero-order chi connectivity index (χ0) is 13.4. The molecule has 0 unspecified atom stereocenters. The van der Waals surface area contributed by atoms with E-state index < -0.39 is 5.97 Å². The van der Waals surface area contributed by atoms with E-state index in [-0.39, 0.29) is 13.0 Å². The van der Waals surface area contributed by atoms with Gasteiger partial charge in [-0.2, -0.15) is 0 Å². The van der Waals surface area contributed by atoms with E-state index in [1.54, 1.807) is 12.1 Å². The molecule has 0 radical (unpaired) electrons. The predicted octanol–water partition coefficient (Wildman–Crippen LogP) is 2.67. The Morgan fingerprint density at radius 1 is 1.44 bits per heavy atom. The summed E-state index contributed by atoms with van der Waals surface area (Å²) in [5.74, 6) is 0.589. The van der Waals surface area contributed by atoms with Crippen LogP contribution in [0.2, 0.25) is 0 Å². The van der Waals surface area contributed by atoms with E-state index in [0.29, 0.717) is 18.8 Å². The number of carboxylic acid groups (broad SMARTS) is 1. The van der Waals surface area contributed by atoms with Crippen molar-refractivity contribution in [2.75, 3.05) is 13.2 Å². The van der Waals surface area contributed by atoms with Gasteiger partial charge in [-0.1, -0.05) is 6.08 Å². The molecule has 0 fully saturated rings. The van der Waals surface area contributed by atoms with Gasteiger partial charge >= 0.3 is 5.97 Å². The molecule has 0 aliphatic carbocycles. The van der Waals surface area contributed by atoms with Gasteiger partial charge in [0.2, 0.25) is 0 Å². The Morgan fingerprint density at radius 3 is 2.83 bits per heavy atom. The average Bonchev–Trinajstić information content (AvgIpc) is 2.32. The minimum absolute atomic E-state index is 0.0132. The molecule has 0 heterocycles. The average molecular weight is 250 g/mol. The van der Waals surface area contributed by atoms with Gasteiger partial charge in [0.25, 0.3) is 0 Å². The van der Waals surface area contributed by atoms with Crippen LogP contribution in [0.4, 0.5) is 0 Å². The van der Waals surface area contributed by atoms with Gasteiger partial charge in [-0.15, -0.1) is 6.58 Å². The lowest BCUT2D eigenvalue weighted by molar-refractivity contribution is -0.137. The van der Waals surface area contributed by atoms with Crippen LogP contribution in [0.15, 0.2) is 30.9 Å². The molecule has 0 amide bonds. The van der Waals surface area contributed by atoms with Gasteiger partial charge in [0, 0.05) is 5.56 Å². The highest BCUT2D eigenvalue weighted by Gasteiger charge is 2.06. The van der Waals surface area contributed by atoms with E-state index in [0.717, 1.165) is 11.3 Å². The van der Waals surface area contributed by atoms with E-state index in [9.17, 15) is 4.79 Å². The van der Waals surface area contributed by atoms with Gasteiger partial charge in [0.05, 0.1) is 19.6 Å². The van der Waals surface area contributed by atoms with Crippen LogP contribution in [0.5, 0.6) is 11.5 Å². The summed E-state index contributed by atoms with van der Waals surface area (Å²) < 4.78 is 10.9.